The Balaban J connectivity index is 0.000000513. The van der Waals surface area contributed by atoms with E-state index in [0.717, 1.165) is 37.0 Å². The summed E-state index contributed by atoms with van der Waals surface area (Å²) in [5.74, 6) is 5.76. The van der Waals surface area contributed by atoms with Crippen LogP contribution in [0.2, 0.25) is 0 Å². The maximum absolute atomic E-state index is 12.4. The third-order valence-electron chi connectivity index (χ3n) is 5.15. The average molecular weight is 479 g/mol. The summed E-state index contributed by atoms with van der Waals surface area (Å²) in [6.45, 7) is 8.71. The molecule has 2 amide bonds. The number of ether oxygens (including phenoxy) is 1. The second-order valence-corrected chi connectivity index (χ2v) is 10.7. The van der Waals surface area contributed by atoms with Gasteiger partial charge < -0.3 is 20.1 Å². The summed E-state index contributed by atoms with van der Waals surface area (Å²) in [6.07, 6.45) is 4.32. The maximum Gasteiger partial charge on any atom is 0.348 e. The number of thiophene rings is 1. The normalized spacial score (nSPS) is 17.7. The van der Waals surface area contributed by atoms with Gasteiger partial charge in [0.05, 0.1) is 23.6 Å². The number of carbonyl (C=O) groups is 3. The van der Waals surface area contributed by atoms with Crippen molar-refractivity contribution in [2.24, 2.45) is 17.3 Å². The molecule has 2 N–H and O–H groups in total. The van der Waals surface area contributed by atoms with E-state index in [4.69, 9.17) is 4.74 Å². The number of aromatic carboxylic acids is 1. The molecule has 0 bridgehead atoms. The van der Waals surface area contributed by atoms with Crippen LogP contribution in [-0.4, -0.2) is 55.6 Å². The van der Waals surface area contributed by atoms with E-state index in [0.29, 0.717) is 29.5 Å². The second-order valence-electron chi connectivity index (χ2n) is 9.64. The zero-order chi connectivity index (χ0) is 25.2. The molecule has 0 saturated heterocycles. The molecule has 0 spiro atoms. The van der Waals surface area contributed by atoms with Gasteiger partial charge in [-0.25, -0.2) is 4.79 Å². The second kappa shape index (κ2) is 13.4. The van der Waals surface area contributed by atoms with Gasteiger partial charge >= 0.3 is 5.97 Å². The van der Waals surface area contributed by atoms with Gasteiger partial charge in [-0.3, -0.25) is 9.59 Å². The number of carbonyl (C=O) groups excluding carboxylic acids is 2. The van der Waals surface area contributed by atoms with Crippen molar-refractivity contribution in [1.29, 1.82) is 0 Å². The third-order valence-corrected chi connectivity index (χ3v) is 6.19. The predicted molar refractivity (Wildman–Crippen MR) is 133 cm³/mol. The molecule has 1 saturated carbocycles. The Morgan fingerprint density at radius 2 is 1.82 bits per heavy atom. The predicted octanol–water partition coefficient (Wildman–Crippen LogP) is 4.72. The van der Waals surface area contributed by atoms with Crippen molar-refractivity contribution < 1.29 is 24.2 Å². The van der Waals surface area contributed by atoms with Crippen LogP contribution in [0.3, 0.4) is 0 Å². The first kappa shape index (κ1) is 28.7. The van der Waals surface area contributed by atoms with E-state index < -0.39 is 5.97 Å². The molecule has 2 rings (SSSR count). The number of anilines is 1. The summed E-state index contributed by atoms with van der Waals surface area (Å²) in [5.41, 5.74) is 0.213. The van der Waals surface area contributed by atoms with Gasteiger partial charge in [-0.05, 0) is 58.4 Å². The van der Waals surface area contributed by atoms with Crippen LogP contribution in [0, 0.1) is 29.1 Å². The first-order valence-corrected chi connectivity index (χ1v) is 12.1. The van der Waals surface area contributed by atoms with Crippen LogP contribution in [0.4, 0.5) is 5.69 Å². The molecule has 1 aliphatic carbocycles. The highest BCUT2D eigenvalue weighted by Crippen LogP contribution is 2.31. The van der Waals surface area contributed by atoms with Gasteiger partial charge in [-0.1, -0.05) is 18.8 Å². The summed E-state index contributed by atoms with van der Waals surface area (Å²) < 4.78 is 4.72. The number of carboxylic acid groups (broad SMARTS) is 1. The number of methoxy groups -OCH3 is 1. The number of hydrogen-bond acceptors (Lipinski definition) is 5. The largest absolute Gasteiger partial charge is 0.477 e. The van der Waals surface area contributed by atoms with E-state index in [2.05, 4.69) is 24.1 Å². The van der Waals surface area contributed by atoms with Crippen LogP contribution < -0.4 is 5.32 Å². The molecule has 7 nitrogen and oxygen atoms in total. The number of amides is 2. The zero-order valence-electron chi connectivity index (χ0n) is 20.9. The van der Waals surface area contributed by atoms with Gasteiger partial charge in [0.25, 0.3) is 0 Å². The molecule has 1 heterocycles. The monoisotopic (exact) mass is 478 g/mol. The van der Waals surface area contributed by atoms with Gasteiger partial charge in [0.2, 0.25) is 11.8 Å². The van der Waals surface area contributed by atoms with Crippen LogP contribution in [-0.2, 0) is 14.3 Å². The fourth-order valence-electron chi connectivity index (χ4n) is 3.12. The Labute approximate surface area is 201 Å². The molecule has 0 aliphatic heterocycles. The van der Waals surface area contributed by atoms with E-state index in [-0.39, 0.29) is 28.0 Å². The molecule has 0 atom stereocenters. The summed E-state index contributed by atoms with van der Waals surface area (Å²) in [7, 11) is 5.05. The molecule has 33 heavy (non-hydrogen) atoms. The van der Waals surface area contributed by atoms with Gasteiger partial charge in [0, 0.05) is 32.5 Å². The molecular formula is C25H38N2O5S. The summed E-state index contributed by atoms with van der Waals surface area (Å²) >= 11 is 1.11. The van der Waals surface area contributed by atoms with E-state index in [1.807, 2.05) is 20.8 Å². The molecule has 184 valence electrons. The van der Waals surface area contributed by atoms with Crippen molar-refractivity contribution in [2.75, 3.05) is 33.1 Å². The number of rotatable bonds is 6. The molecule has 1 aliphatic rings. The number of nitrogens with zero attached hydrogens (tertiary/aromatic N) is 1. The molecule has 8 heteroatoms. The zero-order valence-corrected chi connectivity index (χ0v) is 21.7. The van der Waals surface area contributed by atoms with Crippen molar-refractivity contribution in [1.82, 2.24) is 4.90 Å². The highest BCUT2D eigenvalue weighted by atomic mass is 32.1. The van der Waals surface area contributed by atoms with Gasteiger partial charge in [-0.2, -0.15) is 0 Å². The van der Waals surface area contributed by atoms with Gasteiger partial charge in [0.1, 0.15) is 4.88 Å². The number of carboxylic acids is 1. The fraction of sp³-hybridized carbons (Fsp3) is 0.640. The smallest absolute Gasteiger partial charge is 0.348 e. The highest BCUT2D eigenvalue weighted by molar-refractivity contribution is 7.15. The number of nitrogens with one attached hydrogen (secondary N) is 1. The maximum atomic E-state index is 12.4. The van der Waals surface area contributed by atoms with Crippen LogP contribution in [0.5, 0.6) is 0 Å². The van der Waals surface area contributed by atoms with E-state index >= 15 is 0 Å². The van der Waals surface area contributed by atoms with Crippen LogP contribution >= 0.6 is 11.3 Å². The minimum absolute atomic E-state index is 0.0214. The summed E-state index contributed by atoms with van der Waals surface area (Å²) in [6, 6.07) is 1.68. The minimum atomic E-state index is -1.03. The topological polar surface area (TPSA) is 95.9 Å². The molecule has 1 fully saturated rings. The van der Waals surface area contributed by atoms with Crippen LogP contribution in [0.1, 0.15) is 74.3 Å². The van der Waals surface area contributed by atoms with Crippen molar-refractivity contribution >= 4 is 34.8 Å². The lowest BCUT2D eigenvalue weighted by Gasteiger charge is -2.25. The lowest BCUT2D eigenvalue weighted by atomic mass is 9.82. The van der Waals surface area contributed by atoms with E-state index in [1.165, 1.54) is 0 Å². The third kappa shape index (κ3) is 10.9. The molecule has 0 aromatic carbocycles. The Bertz CT molecular complexity index is 866. The molecule has 0 radical (unpaired) electrons. The quantitative estimate of drug-likeness (QED) is 0.577. The fourth-order valence-corrected chi connectivity index (χ4v) is 3.93. The first-order chi connectivity index (χ1) is 15.3. The number of hydrogen-bond donors (Lipinski definition) is 2. The van der Waals surface area contributed by atoms with E-state index in [1.54, 1.807) is 32.2 Å². The van der Waals surface area contributed by atoms with E-state index in [9.17, 15) is 19.5 Å². The van der Waals surface area contributed by atoms with Gasteiger partial charge in [0.15, 0.2) is 0 Å². The highest BCUT2D eigenvalue weighted by Gasteiger charge is 2.26. The molecule has 0 unspecified atom stereocenters. The lowest BCUT2D eigenvalue weighted by molar-refractivity contribution is -0.129. The molecule has 1 aromatic heterocycles. The van der Waals surface area contributed by atoms with Crippen LogP contribution in [0.15, 0.2) is 6.07 Å². The Morgan fingerprint density at radius 3 is 2.30 bits per heavy atom. The average Bonchev–Trinajstić information content (AvgIpc) is 3.14. The van der Waals surface area contributed by atoms with Crippen molar-refractivity contribution in [2.45, 2.75) is 59.8 Å². The Hall–Kier alpha value is -2.37. The summed E-state index contributed by atoms with van der Waals surface area (Å²) in [5, 5.41) is 12.2. The Kier molecular flexibility index (Phi) is 11.6. The summed E-state index contributed by atoms with van der Waals surface area (Å²) in [4.78, 5) is 37.0. The first-order valence-electron chi connectivity index (χ1n) is 11.2. The SMILES string of the molecule is CC1CCC(C(=O)Nc2cc(C#CC(C)(C)C)sc2C(=O)O)CC1.COCCC(=O)N(C)C. The van der Waals surface area contributed by atoms with Crippen molar-refractivity contribution in [3.63, 3.8) is 0 Å². The minimum Gasteiger partial charge on any atom is -0.477 e. The van der Waals surface area contributed by atoms with Crippen molar-refractivity contribution in [3.05, 3.63) is 15.8 Å². The Morgan fingerprint density at radius 1 is 1.21 bits per heavy atom. The lowest BCUT2D eigenvalue weighted by Crippen LogP contribution is -2.27. The van der Waals surface area contributed by atoms with Crippen LogP contribution in [0.25, 0.3) is 0 Å². The van der Waals surface area contributed by atoms with Crippen molar-refractivity contribution in [3.8, 4) is 11.8 Å². The standard InChI is InChI=1S/C19H25NO3S.C6H13NO2/c1-12-5-7-13(8-6-12)17(21)20-15-11-14(9-10-19(2,3)4)24-16(15)18(22)23;1-7(2)6(8)4-5-9-3/h11-13H,5-8H2,1-4H3,(H,20,21)(H,22,23);4-5H2,1-3H3. The van der Waals surface area contributed by atoms with Gasteiger partial charge in [-0.15, -0.1) is 11.3 Å². The molecule has 1 aromatic rings. The molecular weight excluding hydrogens is 440 g/mol.